The van der Waals surface area contributed by atoms with Gasteiger partial charge in [-0.25, -0.2) is 0 Å². The van der Waals surface area contributed by atoms with Gasteiger partial charge in [-0.05, 0) is 23.3 Å². The zero-order valence-corrected chi connectivity index (χ0v) is 14.8. The van der Waals surface area contributed by atoms with E-state index in [1.54, 1.807) is 14.2 Å². The summed E-state index contributed by atoms with van der Waals surface area (Å²) in [7, 11) is 3.24. The molecule has 4 heteroatoms. The van der Waals surface area contributed by atoms with Crippen LogP contribution in [0.15, 0.2) is 48.5 Å². The standard InChI is InChI=1S/C20H25NO3/c1-20(2,16-10-11-17(23-3)18(13-16)24-4)14-21-19(22)12-15-8-6-5-7-9-15/h5-11,13H,12,14H2,1-4H3,(H,21,22). The lowest BCUT2D eigenvalue weighted by Gasteiger charge is -2.26. The van der Waals surface area contributed by atoms with Gasteiger partial charge in [-0.15, -0.1) is 0 Å². The molecule has 128 valence electrons. The summed E-state index contributed by atoms with van der Waals surface area (Å²) in [4.78, 5) is 12.2. The summed E-state index contributed by atoms with van der Waals surface area (Å²) in [5, 5.41) is 3.02. The topological polar surface area (TPSA) is 47.6 Å². The van der Waals surface area contributed by atoms with Gasteiger partial charge in [0.15, 0.2) is 11.5 Å². The van der Waals surface area contributed by atoms with Crippen LogP contribution in [0.1, 0.15) is 25.0 Å². The van der Waals surface area contributed by atoms with Gasteiger partial charge in [0.25, 0.3) is 0 Å². The van der Waals surface area contributed by atoms with Gasteiger partial charge in [-0.2, -0.15) is 0 Å². The number of rotatable bonds is 7. The molecule has 0 bridgehead atoms. The molecule has 4 nitrogen and oxygen atoms in total. The van der Waals surface area contributed by atoms with Crippen molar-refractivity contribution in [2.24, 2.45) is 0 Å². The molecule has 2 rings (SSSR count). The monoisotopic (exact) mass is 327 g/mol. The normalized spacial score (nSPS) is 11.0. The molecule has 2 aromatic carbocycles. The highest BCUT2D eigenvalue weighted by Crippen LogP contribution is 2.32. The minimum absolute atomic E-state index is 0.0229. The summed E-state index contributed by atoms with van der Waals surface area (Å²) in [5.41, 5.74) is 1.88. The Kier molecular flexibility index (Phi) is 5.85. The average molecular weight is 327 g/mol. The minimum atomic E-state index is -0.216. The van der Waals surface area contributed by atoms with Crippen molar-refractivity contribution in [3.05, 3.63) is 59.7 Å². The largest absolute Gasteiger partial charge is 0.493 e. The first-order valence-corrected chi connectivity index (χ1v) is 7.99. The van der Waals surface area contributed by atoms with Crippen LogP contribution in [0.3, 0.4) is 0 Å². The van der Waals surface area contributed by atoms with Crippen molar-refractivity contribution in [1.82, 2.24) is 5.32 Å². The Morgan fingerprint density at radius 3 is 2.29 bits per heavy atom. The van der Waals surface area contributed by atoms with E-state index in [0.29, 0.717) is 24.5 Å². The Labute approximate surface area is 143 Å². The first-order chi connectivity index (χ1) is 11.5. The lowest BCUT2D eigenvalue weighted by molar-refractivity contribution is -0.120. The van der Waals surface area contributed by atoms with Crippen LogP contribution in [0, 0.1) is 0 Å². The third kappa shape index (κ3) is 4.51. The summed E-state index contributed by atoms with van der Waals surface area (Å²) < 4.78 is 10.6. The molecule has 0 saturated carbocycles. The molecule has 0 aromatic heterocycles. The fraction of sp³-hybridized carbons (Fsp3) is 0.350. The Balaban J connectivity index is 2.01. The van der Waals surface area contributed by atoms with E-state index in [2.05, 4.69) is 19.2 Å². The Morgan fingerprint density at radius 1 is 1.00 bits per heavy atom. The van der Waals surface area contributed by atoms with Crippen LogP contribution >= 0.6 is 0 Å². The number of benzene rings is 2. The summed E-state index contributed by atoms with van der Waals surface area (Å²) in [6, 6.07) is 15.6. The molecule has 0 aliphatic rings. The Bertz CT molecular complexity index is 681. The van der Waals surface area contributed by atoms with Crippen LogP contribution < -0.4 is 14.8 Å². The molecular formula is C20H25NO3. The molecule has 0 fully saturated rings. The van der Waals surface area contributed by atoms with Crippen molar-refractivity contribution in [3.63, 3.8) is 0 Å². The van der Waals surface area contributed by atoms with Crippen LogP contribution in [-0.4, -0.2) is 26.7 Å². The first kappa shape index (κ1) is 17.9. The van der Waals surface area contributed by atoms with E-state index in [0.717, 1.165) is 11.1 Å². The van der Waals surface area contributed by atoms with Crippen LogP contribution in [0.4, 0.5) is 0 Å². The maximum Gasteiger partial charge on any atom is 0.224 e. The van der Waals surface area contributed by atoms with E-state index in [9.17, 15) is 4.79 Å². The predicted octanol–water partition coefficient (Wildman–Crippen LogP) is 3.34. The quantitative estimate of drug-likeness (QED) is 0.848. The molecule has 2 aromatic rings. The average Bonchev–Trinajstić information content (AvgIpc) is 2.60. The molecule has 0 unspecified atom stereocenters. The summed E-state index contributed by atoms with van der Waals surface area (Å²) in [6.45, 7) is 4.74. The molecule has 24 heavy (non-hydrogen) atoms. The number of hydrogen-bond acceptors (Lipinski definition) is 3. The Hall–Kier alpha value is -2.49. The van der Waals surface area contributed by atoms with Gasteiger partial charge >= 0.3 is 0 Å². The lowest BCUT2D eigenvalue weighted by atomic mass is 9.84. The molecule has 0 heterocycles. The van der Waals surface area contributed by atoms with Crippen LogP contribution in [-0.2, 0) is 16.6 Å². The Morgan fingerprint density at radius 2 is 1.67 bits per heavy atom. The fourth-order valence-corrected chi connectivity index (χ4v) is 2.52. The SMILES string of the molecule is COc1ccc(C(C)(C)CNC(=O)Cc2ccccc2)cc1OC. The van der Waals surface area contributed by atoms with E-state index in [-0.39, 0.29) is 11.3 Å². The van der Waals surface area contributed by atoms with Gasteiger partial charge < -0.3 is 14.8 Å². The number of methoxy groups -OCH3 is 2. The molecule has 0 aliphatic carbocycles. The van der Waals surface area contributed by atoms with Crippen molar-refractivity contribution in [2.45, 2.75) is 25.7 Å². The highest BCUT2D eigenvalue weighted by molar-refractivity contribution is 5.78. The van der Waals surface area contributed by atoms with E-state index in [4.69, 9.17) is 9.47 Å². The third-order valence-corrected chi connectivity index (χ3v) is 4.10. The summed E-state index contributed by atoms with van der Waals surface area (Å²) >= 11 is 0. The molecular weight excluding hydrogens is 302 g/mol. The van der Waals surface area contributed by atoms with Crippen LogP contribution in [0.5, 0.6) is 11.5 Å². The number of ether oxygens (including phenoxy) is 2. The van der Waals surface area contributed by atoms with Gasteiger partial charge in [0, 0.05) is 12.0 Å². The minimum Gasteiger partial charge on any atom is -0.493 e. The van der Waals surface area contributed by atoms with E-state index in [1.165, 1.54) is 0 Å². The summed E-state index contributed by atoms with van der Waals surface area (Å²) in [6.07, 6.45) is 0.392. The van der Waals surface area contributed by atoms with Gasteiger partial charge in [0.05, 0.1) is 20.6 Å². The molecule has 1 amide bonds. The molecule has 0 spiro atoms. The number of amides is 1. The zero-order chi connectivity index (χ0) is 17.6. The number of carbonyl (C=O) groups excluding carboxylic acids is 1. The molecule has 0 saturated heterocycles. The van der Waals surface area contributed by atoms with E-state index in [1.807, 2.05) is 48.5 Å². The summed E-state index contributed by atoms with van der Waals surface area (Å²) in [5.74, 6) is 1.42. The lowest BCUT2D eigenvalue weighted by Crippen LogP contribution is -2.37. The van der Waals surface area contributed by atoms with Gasteiger partial charge in [-0.3, -0.25) is 4.79 Å². The van der Waals surface area contributed by atoms with Gasteiger partial charge in [0.1, 0.15) is 0 Å². The zero-order valence-electron chi connectivity index (χ0n) is 14.8. The maximum absolute atomic E-state index is 12.2. The molecule has 0 aliphatic heterocycles. The van der Waals surface area contributed by atoms with Crippen LogP contribution in [0.2, 0.25) is 0 Å². The predicted molar refractivity (Wildman–Crippen MR) is 95.7 cm³/mol. The number of hydrogen-bond donors (Lipinski definition) is 1. The van der Waals surface area contributed by atoms with Crippen molar-refractivity contribution in [3.8, 4) is 11.5 Å². The van der Waals surface area contributed by atoms with Crippen molar-refractivity contribution in [2.75, 3.05) is 20.8 Å². The second kappa shape index (κ2) is 7.86. The van der Waals surface area contributed by atoms with Crippen molar-refractivity contribution in [1.29, 1.82) is 0 Å². The number of nitrogens with one attached hydrogen (secondary N) is 1. The highest BCUT2D eigenvalue weighted by Gasteiger charge is 2.23. The van der Waals surface area contributed by atoms with E-state index >= 15 is 0 Å². The van der Waals surface area contributed by atoms with Gasteiger partial charge in [0.2, 0.25) is 5.91 Å². The first-order valence-electron chi connectivity index (χ1n) is 7.99. The smallest absolute Gasteiger partial charge is 0.224 e. The molecule has 1 N–H and O–H groups in total. The number of carbonyl (C=O) groups is 1. The second-order valence-electron chi connectivity index (χ2n) is 6.39. The van der Waals surface area contributed by atoms with Crippen molar-refractivity contribution >= 4 is 5.91 Å². The van der Waals surface area contributed by atoms with Crippen molar-refractivity contribution < 1.29 is 14.3 Å². The maximum atomic E-state index is 12.2. The fourth-order valence-electron chi connectivity index (χ4n) is 2.52. The molecule has 0 radical (unpaired) electrons. The second-order valence-corrected chi connectivity index (χ2v) is 6.39. The van der Waals surface area contributed by atoms with Crippen LogP contribution in [0.25, 0.3) is 0 Å². The van der Waals surface area contributed by atoms with Gasteiger partial charge in [-0.1, -0.05) is 50.2 Å². The highest BCUT2D eigenvalue weighted by atomic mass is 16.5. The third-order valence-electron chi connectivity index (χ3n) is 4.10. The molecule has 0 atom stereocenters. The van der Waals surface area contributed by atoms with E-state index < -0.39 is 0 Å².